The predicted octanol–water partition coefficient (Wildman–Crippen LogP) is 4.23. The summed E-state index contributed by atoms with van der Waals surface area (Å²) in [4.78, 5) is 0. The molecule has 2 aromatic rings. The Labute approximate surface area is 122 Å². The maximum atomic E-state index is 13.3. The van der Waals surface area contributed by atoms with Gasteiger partial charge in [0.15, 0.2) is 0 Å². The van der Waals surface area contributed by atoms with Gasteiger partial charge in [0.1, 0.15) is 5.82 Å². The third kappa shape index (κ3) is 3.88. The number of benzene rings is 2. The van der Waals surface area contributed by atoms with Crippen molar-refractivity contribution in [2.24, 2.45) is 0 Å². The average Bonchev–Trinajstić information content (AvgIpc) is 2.41. The second-order valence-corrected chi connectivity index (χ2v) is 5.36. The Kier molecular flexibility index (Phi) is 5.11. The summed E-state index contributed by atoms with van der Waals surface area (Å²) < 4.78 is 13.9. The zero-order valence-electron chi connectivity index (χ0n) is 10.9. The molecule has 1 N–H and O–H groups in total. The Balaban J connectivity index is 1.84. The van der Waals surface area contributed by atoms with Crippen LogP contribution in [0.25, 0.3) is 0 Å². The monoisotopic (exact) mass is 321 g/mol. The van der Waals surface area contributed by atoms with Gasteiger partial charge in [-0.15, -0.1) is 0 Å². The molecule has 0 amide bonds. The molecule has 19 heavy (non-hydrogen) atoms. The van der Waals surface area contributed by atoms with Crippen LogP contribution in [-0.4, -0.2) is 6.54 Å². The van der Waals surface area contributed by atoms with Crippen LogP contribution in [0.3, 0.4) is 0 Å². The summed E-state index contributed by atoms with van der Waals surface area (Å²) in [5.74, 6) is -0.210. The van der Waals surface area contributed by atoms with E-state index in [1.807, 2.05) is 6.07 Å². The predicted molar refractivity (Wildman–Crippen MR) is 80.7 cm³/mol. The Hall–Kier alpha value is -1.19. The fourth-order valence-electron chi connectivity index (χ4n) is 2.02. The first-order valence-electron chi connectivity index (χ1n) is 6.36. The van der Waals surface area contributed by atoms with Crippen LogP contribution in [0.1, 0.15) is 16.7 Å². The van der Waals surface area contributed by atoms with Gasteiger partial charge in [-0.05, 0) is 58.6 Å². The van der Waals surface area contributed by atoms with Gasteiger partial charge in [-0.2, -0.15) is 0 Å². The first kappa shape index (κ1) is 14.2. The summed E-state index contributed by atoms with van der Waals surface area (Å²) in [6, 6.07) is 13.5. The number of nitrogens with one attached hydrogen (secondary N) is 1. The topological polar surface area (TPSA) is 12.0 Å². The molecule has 0 saturated heterocycles. The molecule has 0 aliphatic rings. The van der Waals surface area contributed by atoms with Crippen molar-refractivity contribution in [3.8, 4) is 0 Å². The van der Waals surface area contributed by atoms with E-state index in [2.05, 4.69) is 52.4 Å². The summed E-state index contributed by atoms with van der Waals surface area (Å²) >= 11 is 3.27. The van der Waals surface area contributed by atoms with Crippen molar-refractivity contribution >= 4 is 15.9 Å². The maximum absolute atomic E-state index is 13.3. The largest absolute Gasteiger partial charge is 0.312 e. The lowest BCUT2D eigenvalue weighted by Gasteiger charge is -2.09. The molecule has 0 aromatic heterocycles. The molecule has 0 heterocycles. The molecule has 0 aliphatic heterocycles. The molecule has 3 heteroatoms. The van der Waals surface area contributed by atoms with Gasteiger partial charge in [-0.1, -0.05) is 36.4 Å². The fraction of sp³-hybridized carbons (Fsp3) is 0.250. The second-order valence-electron chi connectivity index (χ2n) is 4.57. The Bertz CT molecular complexity index is 554. The average molecular weight is 322 g/mol. The fourth-order valence-corrected chi connectivity index (χ4v) is 2.43. The third-order valence-electron chi connectivity index (χ3n) is 3.18. The minimum atomic E-state index is -0.210. The zero-order valence-corrected chi connectivity index (χ0v) is 12.5. The molecule has 0 spiro atoms. The highest BCUT2D eigenvalue weighted by Gasteiger charge is 2.04. The molecule has 0 saturated carbocycles. The number of halogens is 2. The van der Waals surface area contributed by atoms with Crippen LogP contribution < -0.4 is 5.32 Å². The molecule has 2 rings (SSSR count). The number of rotatable bonds is 5. The van der Waals surface area contributed by atoms with Gasteiger partial charge in [0.05, 0.1) is 4.47 Å². The lowest BCUT2D eigenvalue weighted by Crippen LogP contribution is -2.17. The molecule has 1 nitrogen and oxygen atoms in total. The highest BCUT2D eigenvalue weighted by molar-refractivity contribution is 9.10. The van der Waals surface area contributed by atoms with Crippen LogP contribution >= 0.6 is 15.9 Å². The molecular weight excluding hydrogens is 305 g/mol. The summed E-state index contributed by atoms with van der Waals surface area (Å²) in [7, 11) is 0. The van der Waals surface area contributed by atoms with Crippen molar-refractivity contribution in [2.75, 3.05) is 6.54 Å². The van der Waals surface area contributed by atoms with E-state index in [0.717, 1.165) is 18.5 Å². The molecule has 100 valence electrons. The number of hydrogen-bond acceptors (Lipinski definition) is 1. The molecule has 0 atom stereocenters. The van der Waals surface area contributed by atoms with Crippen LogP contribution in [0.15, 0.2) is 46.9 Å². The Morgan fingerprint density at radius 2 is 1.79 bits per heavy atom. The van der Waals surface area contributed by atoms with Crippen molar-refractivity contribution in [3.63, 3.8) is 0 Å². The Morgan fingerprint density at radius 1 is 1.05 bits per heavy atom. The van der Waals surface area contributed by atoms with Gasteiger partial charge in [0.2, 0.25) is 0 Å². The van der Waals surface area contributed by atoms with E-state index in [1.165, 1.54) is 17.2 Å². The van der Waals surface area contributed by atoms with Gasteiger partial charge < -0.3 is 5.32 Å². The standard InChI is InChI=1S/C16H17BrFN/c1-12-5-2-3-6-13(12)9-10-19-11-14-7-4-8-15(18)16(14)17/h2-8,19H,9-11H2,1H3. The minimum Gasteiger partial charge on any atom is -0.312 e. The summed E-state index contributed by atoms with van der Waals surface area (Å²) in [6.07, 6.45) is 0.986. The number of aryl methyl sites for hydroxylation is 1. The molecule has 0 aliphatic carbocycles. The molecule has 2 aromatic carbocycles. The van der Waals surface area contributed by atoms with Gasteiger partial charge in [0.25, 0.3) is 0 Å². The van der Waals surface area contributed by atoms with E-state index in [9.17, 15) is 4.39 Å². The lowest BCUT2D eigenvalue weighted by atomic mass is 10.1. The van der Waals surface area contributed by atoms with Crippen LogP contribution in [0.2, 0.25) is 0 Å². The molecule has 0 bridgehead atoms. The van der Waals surface area contributed by atoms with Crippen LogP contribution in [0.5, 0.6) is 0 Å². The Morgan fingerprint density at radius 3 is 2.58 bits per heavy atom. The van der Waals surface area contributed by atoms with Crippen molar-refractivity contribution in [2.45, 2.75) is 19.9 Å². The van der Waals surface area contributed by atoms with Crippen molar-refractivity contribution < 1.29 is 4.39 Å². The van der Waals surface area contributed by atoms with Gasteiger partial charge in [0, 0.05) is 6.54 Å². The highest BCUT2D eigenvalue weighted by Crippen LogP contribution is 2.20. The van der Waals surface area contributed by atoms with Gasteiger partial charge >= 0.3 is 0 Å². The molecule has 0 unspecified atom stereocenters. The second kappa shape index (κ2) is 6.83. The van der Waals surface area contributed by atoms with E-state index in [0.29, 0.717) is 11.0 Å². The quantitative estimate of drug-likeness (QED) is 0.813. The SMILES string of the molecule is Cc1ccccc1CCNCc1cccc(F)c1Br. The van der Waals surface area contributed by atoms with E-state index >= 15 is 0 Å². The van der Waals surface area contributed by atoms with Gasteiger partial charge in [-0.3, -0.25) is 0 Å². The first-order chi connectivity index (χ1) is 9.18. The number of hydrogen-bond donors (Lipinski definition) is 1. The van der Waals surface area contributed by atoms with Crippen molar-refractivity contribution in [3.05, 3.63) is 69.4 Å². The maximum Gasteiger partial charge on any atom is 0.137 e. The minimum absolute atomic E-state index is 0.210. The summed E-state index contributed by atoms with van der Waals surface area (Å²) in [6.45, 7) is 3.68. The van der Waals surface area contributed by atoms with Crippen LogP contribution in [0.4, 0.5) is 4.39 Å². The molecule has 0 fully saturated rings. The van der Waals surface area contributed by atoms with Crippen LogP contribution in [-0.2, 0) is 13.0 Å². The molecule has 0 radical (unpaired) electrons. The van der Waals surface area contributed by atoms with E-state index in [4.69, 9.17) is 0 Å². The van der Waals surface area contributed by atoms with Gasteiger partial charge in [-0.25, -0.2) is 4.39 Å². The zero-order chi connectivity index (χ0) is 13.7. The van der Waals surface area contributed by atoms with E-state index in [-0.39, 0.29) is 5.82 Å². The van der Waals surface area contributed by atoms with Crippen molar-refractivity contribution in [1.82, 2.24) is 5.32 Å². The highest BCUT2D eigenvalue weighted by atomic mass is 79.9. The first-order valence-corrected chi connectivity index (χ1v) is 7.16. The van der Waals surface area contributed by atoms with E-state index in [1.54, 1.807) is 6.07 Å². The van der Waals surface area contributed by atoms with E-state index < -0.39 is 0 Å². The third-order valence-corrected chi connectivity index (χ3v) is 4.07. The van der Waals surface area contributed by atoms with Crippen molar-refractivity contribution in [1.29, 1.82) is 0 Å². The molecular formula is C16H17BrFN. The lowest BCUT2D eigenvalue weighted by molar-refractivity contribution is 0.612. The summed E-state index contributed by atoms with van der Waals surface area (Å²) in [5.41, 5.74) is 3.62. The van der Waals surface area contributed by atoms with Crippen LogP contribution in [0, 0.1) is 12.7 Å². The smallest absolute Gasteiger partial charge is 0.137 e. The summed E-state index contributed by atoms with van der Waals surface area (Å²) in [5, 5.41) is 3.35. The normalized spacial score (nSPS) is 10.7.